The van der Waals surface area contributed by atoms with Crippen molar-refractivity contribution in [1.82, 2.24) is 0 Å². The van der Waals surface area contributed by atoms with Gasteiger partial charge in [0.2, 0.25) is 0 Å². The Morgan fingerprint density at radius 1 is 0.966 bits per heavy atom. The van der Waals surface area contributed by atoms with E-state index in [9.17, 15) is 0 Å². The predicted octanol–water partition coefficient (Wildman–Crippen LogP) is 6.60. The number of rotatable bonds is 6. The minimum atomic E-state index is 0.701. The van der Waals surface area contributed by atoms with Gasteiger partial charge in [0, 0.05) is 45.8 Å². The second-order valence-electron chi connectivity index (χ2n) is 7.09. The van der Waals surface area contributed by atoms with Crippen LogP contribution in [0, 0.1) is 0 Å². The smallest absolute Gasteiger partial charge is 0.137 e. The summed E-state index contributed by atoms with van der Waals surface area (Å²) in [6, 6.07) is 20.8. The quantitative estimate of drug-likeness (QED) is 0.171. The van der Waals surface area contributed by atoms with Crippen molar-refractivity contribution in [3.8, 4) is 22.5 Å². The Labute approximate surface area is 176 Å². The number of nitrogen functional groups attached to an aromatic ring is 1. The van der Waals surface area contributed by atoms with Crippen LogP contribution in [0.15, 0.2) is 75.0 Å². The molecule has 3 nitrogen and oxygen atoms in total. The van der Waals surface area contributed by atoms with Gasteiger partial charge >= 0.3 is 0 Å². The molecule has 4 heteroatoms. The maximum Gasteiger partial charge on any atom is 0.137 e. The number of thioether (sulfide) groups is 1. The van der Waals surface area contributed by atoms with Gasteiger partial charge in [0.05, 0.1) is 5.36 Å². The first-order chi connectivity index (χ1) is 14.2. The molecule has 0 amide bonds. The van der Waals surface area contributed by atoms with Crippen LogP contribution in [0.25, 0.3) is 33.4 Å². The minimum Gasteiger partial charge on any atom is -0.456 e. The number of unbranched alkanes of at least 4 members (excludes halogenated alkanes) is 1. The van der Waals surface area contributed by atoms with Crippen LogP contribution in [0.2, 0.25) is 0 Å². The van der Waals surface area contributed by atoms with Crippen molar-refractivity contribution in [2.24, 2.45) is 4.99 Å². The second-order valence-corrected chi connectivity index (χ2v) is 8.22. The molecule has 2 aromatic rings. The van der Waals surface area contributed by atoms with Gasteiger partial charge in [0.25, 0.3) is 0 Å². The molecule has 1 heterocycles. The van der Waals surface area contributed by atoms with Crippen molar-refractivity contribution in [3.05, 3.63) is 66.0 Å². The number of nitrogens with zero attached hydrogens (tertiary/aromatic N) is 1. The average Bonchev–Trinajstić information content (AvgIpc) is 2.73. The Bertz CT molecular complexity index is 1180. The van der Waals surface area contributed by atoms with E-state index >= 15 is 0 Å². The van der Waals surface area contributed by atoms with Gasteiger partial charge < -0.3 is 10.2 Å². The van der Waals surface area contributed by atoms with Crippen LogP contribution >= 0.6 is 11.8 Å². The second kappa shape index (κ2) is 8.75. The molecule has 148 valence electrons. The Kier molecular flexibility index (Phi) is 5.91. The molecule has 0 fully saturated rings. The third kappa shape index (κ3) is 4.03. The van der Waals surface area contributed by atoms with Gasteiger partial charge in [0.15, 0.2) is 0 Å². The lowest BCUT2D eigenvalue weighted by atomic mass is 9.93. The molecule has 4 rings (SSSR count). The summed E-state index contributed by atoms with van der Waals surface area (Å²) < 4.78 is 6.27. The van der Waals surface area contributed by atoms with Crippen LogP contribution in [0.5, 0.6) is 0 Å². The zero-order chi connectivity index (χ0) is 20.2. The van der Waals surface area contributed by atoms with E-state index in [0.29, 0.717) is 5.69 Å². The first kappa shape index (κ1) is 19.6. The topological polar surface area (TPSA) is 51.5 Å². The molecule has 0 saturated carbocycles. The molecule has 29 heavy (non-hydrogen) atoms. The summed E-state index contributed by atoms with van der Waals surface area (Å²) >= 11 is 1.92. The lowest BCUT2D eigenvalue weighted by Gasteiger charge is -2.18. The average molecular weight is 403 g/mol. The summed E-state index contributed by atoms with van der Waals surface area (Å²) in [4.78, 5) is 5.84. The number of hydrogen-bond acceptors (Lipinski definition) is 4. The Morgan fingerprint density at radius 3 is 2.66 bits per heavy atom. The maximum atomic E-state index is 6.27. The zero-order valence-electron chi connectivity index (χ0n) is 16.9. The molecule has 0 unspecified atom stereocenters. The van der Waals surface area contributed by atoms with E-state index in [4.69, 9.17) is 10.2 Å². The first-order valence-electron chi connectivity index (χ1n) is 10.2. The highest BCUT2D eigenvalue weighted by Gasteiger charge is 2.19. The molecule has 0 spiro atoms. The Hall–Kier alpha value is -2.72. The zero-order valence-corrected chi connectivity index (χ0v) is 17.8. The lowest BCUT2D eigenvalue weighted by Crippen LogP contribution is -2.03. The van der Waals surface area contributed by atoms with E-state index in [2.05, 4.69) is 54.4 Å². The highest BCUT2D eigenvalue weighted by molar-refractivity contribution is 7.99. The number of hydrogen-bond donors (Lipinski definition) is 1. The Balaban J connectivity index is 2.01. The number of benzene rings is 3. The first-order valence-corrected chi connectivity index (χ1v) is 11.2. The van der Waals surface area contributed by atoms with Gasteiger partial charge in [-0.2, -0.15) is 0 Å². The Morgan fingerprint density at radius 2 is 1.83 bits per heavy atom. The fourth-order valence-electron chi connectivity index (χ4n) is 3.59. The van der Waals surface area contributed by atoms with Crippen LogP contribution in [0.3, 0.4) is 0 Å². The molecule has 1 aliphatic carbocycles. The van der Waals surface area contributed by atoms with E-state index in [1.165, 1.54) is 28.9 Å². The fourth-order valence-corrected chi connectivity index (χ4v) is 4.75. The van der Waals surface area contributed by atoms with Crippen molar-refractivity contribution in [2.45, 2.75) is 31.6 Å². The molecule has 0 radical (unpaired) electrons. The van der Waals surface area contributed by atoms with Gasteiger partial charge in [-0.15, -0.1) is 11.8 Å². The molecule has 2 aliphatic rings. The number of anilines is 1. The van der Waals surface area contributed by atoms with E-state index in [-0.39, 0.29) is 0 Å². The number of nitrogens with two attached hydrogens (primary N) is 1. The summed E-state index contributed by atoms with van der Waals surface area (Å²) in [5, 5.41) is 2.01. The van der Waals surface area contributed by atoms with E-state index < -0.39 is 0 Å². The van der Waals surface area contributed by atoms with Crippen LogP contribution in [-0.4, -0.2) is 12.3 Å². The van der Waals surface area contributed by atoms with Crippen molar-refractivity contribution in [1.29, 1.82) is 0 Å². The van der Waals surface area contributed by atoms with Gasteiger partial charge in [-0.1, -0.05) is 31.5 Å². The molecule has 0 atom stereocenters. The standard InChI is InChI=1S/C25H26N2OS/c1-3-5-14-29-24-9-7-6-8-21(24)25-19-12-10-17(26)15-22(19)28-23-16-18(27-4-2)11-13-20(23)25/h6-13,15-16H,3-5,14,26H2,1-2H3/b27-18-. The highest BCUT2D eigenvalue weighted by Crippen LogP contribution is 2.43. The van der Waals surface area contributed by atoms with Gasteiger partial charge in [-0.05, 0) is 55.0 Å². The molecular weight excluding hydrogens is 376 g/mol. The lowest BCUT2D eigenvalue weighted by molar-refractivity contribution is 0.619. The fraction of sp³-hybridized carbons (Fsp3) is 0.240. The monoisotopic (exact) mass is 402 g/mol. The van der Waals surface area contributed by atoms with Crippen LogP contribution < -0.4 is 11.1 Å². The van der Waals surface area contributed by atoms with Crippen molar-refractivity contribution >= 4 is 28.4 Å². The van der Waals surface area contributed by atoms with E-state index in [1.807, 2.05) is 36.9 Å². The molecular formula is C25H26N2OS. The molecule has 1 aliphatic heterocycles. The molecule has 2 N–H and O–H groups in total. The van der Waals surface area contributed by atoms with Crippen molar-refractivity contribution in [3.63, 3.8) is 0 Å². The molecule has 0 aromatic heterocycles. The van der Waals surface area contributed by atoms with Crippen LogP contribution in [0.1, 0.15) is 26.7 Å². The van der Waals surface area contributed by atoms with Gasteiger partial charge in [0.1, 0.15) is 11.3 Å². The summed E-state index contributed by atoms with van der Waals surface area (Å²) in [6.07, 6.45) is 2.41. The third-order valence-corrected chi connectivity index (χ3v) is 6.14. The predicted molar refractivity (Wildman–Crippen MR) is 124 cm³/mol. The van der Waals surface area contributed by atoms with Gasteiger partial charge in [-0.25, -0.2) is 0 Å². The summed E-state index contributed by atoms with van der Waals surface area (Å²) in [7, 11) is 0. The van der Waals surface area contributed by atoms with Gasteiger partial charge in [-0.3, -0.25) is 4.99 Å². The number of fused-ring (bicyclic) bond motifs is 2. The molecule has 0 saturated heterocycles. The summed E-state index contributed by atoms with van der Waals surface area (Å²) in [5.74, 6) is 1.95. The normalized spacial score (nSPS) is 12.1. The summed E-state index contributed by atoms with van der Waals surface area (Å²) in [6.45, 7) is 5.02. The largest absolute Gasteiger partial charge is 0.456 e. The summed E-state index contributed by atoms with van der Waals surface area (Å²) in [5.41, 5.74) is 11.1. The van der Waals surface area contributed by atoms with Crippen LogP contribution in [-0.2, 0) is 0 Å². The molecule has 2 aromatic carbocycles. The van der Waals surface area contributed by atoms with E-state index in [0.717, 1.165) is 39.9 Å². The third-order valence-electron chi connectivity index (χ3n) is 4.98. The van der Waals surface area contributed by atoms with Crippen molar-refractivity contribution < 1.29 is 4.42 Å². The minimum absolute atomic E-state index is 0.701. The maximum absolute atomic E-state index is 6.27. The van der Waals surface area contributed by atoms with Crippen molar-refractivity contribution in [2.75, 3.05) is 18.0 Å². The molecule has 0 bridgehead atoms. The van der Waals surface area contributed by atoms with E-state index in [1.54, 1.807) is 0 Å². The van der Waals surface area contributed by atoms with Crippen LogP contribution in [0.4, 0.5) is 5.69 Å². The SMILES string of the molecule is CCCCSc1ccccc1-c1c2cc/c(=N/CC)cc-2oc2cc(N)ccc12. The highest BCUT2D eigenvalue weighted by atomic mass is 32.2.